The van der Waals surface area contributed by atoms with E-state index in [2.05, 4.69) is 5.32 Å². The molecule has 2 aliphatic heterocycles. The highest BCUT2D eigenvalue weighted by Crippen LogP contribution is 2.50. The zero-order valence-corrected chi connectivity index (χ0v) is 16.7. The number of aliphatic carboxylic acids is 2. The molecule has 0 aliphatic carbocycles. The summed E-state index contributed by atoms with van der Waals surface area (Å²) in [5.74, 6) is -5.32. The number of halogens is 3. The zero-order valence-electron chi connectivity index (χ0n) is 15.9. The second-order valence-corrected chi connectivity index (χ2v) is 9.26. The van der Waals surface area contributed by atoms with Gasteiger partial charge in [0, 0.05) is 17.0 Å². The van der Waals surface area contributed by atoms with Crippen molar-refractivity contribution in [3.63, 3.8) is 0 Å². The average molecular weight is 463 g/mol. The molecule has 2 saturated heterocycles. The Morgan fingerprint density at radius 3 is 2.32 bits per heavy atom. The lowest BCUT2D eigenvalue weighted by Gasteiger charge is -2.43. The maximum absolute atomic E-state index is 12.9. The van der Waals surface area contributed by atoms with Crippen LogP contribution in [0.5, 0.6) is 0 Å². The lowest BCUT2D eigenvalue weighted by atomic mass is 9.96. The SMILES string of the molecule is CC1(C)S[C@@H]2C(NC(=O)C(C(=O)O)n3cc(C(F)(F)F)ccc3=O)C(=O)N2[C@H]1C(=O)O. The summed E-state index contributed by atoms with van der Waals surface area (Å²) >= 11 is 1.08. The monoisotopic (exact) mass is 463 g/mol. The van der Waals surface area contributed by atoms with Crippen LogP contribution in [0.1, 0.15) is 25.5 Å². The topological polar surface area (TPSA) is 146 Å². The Morgan fingerprint density at radius 1 is 1.19 bits per heavy atom. The van der Waals surface area contributed by atoms with Gasteiger partial charge in [0.1, 0.15) is 17.5 Å². The molecule has 168 valence electrons. The summed E-state index contributed by atoms with van der Waals surface area (Å²) in [5, 5.41) is 20.1. The predicted octanol–water partition coefficient (Wildman–Crippen LogP) is 0.124. The minimum absolute atomic E-state index is 0.118. The van der Waals surface area contributed by atoms with Gasteiger partial charge in [0.05, 0.1) is 5.56 Å². The van der Waals surface area contributed by atoms with Gasteiger partial charge in [-0.3, -0.25) is 19.0 Å². The van der Waals surface area contributed by atoms with Crippen LogP contribution in [0.15, 0.2) is 23.1 Å². The van der Waals surface area contributed by atoms with Gasteiger partial charge in [-0.1, -0.05) is 0 Å². The molecule has 0 aromatic carbocycles. The first-order valence-corrected chi connectivity index (χ1v) is 9.60. The standard InChI is InChI=1S/C17H16F3N3O7S/c1-16(2)10(15(29)30)23-12(26)8(13(23)31-16)21-11(25)9(14(27)28)22-5-6(17(18,19)20)3-4-7(22)24/h3-5,8-10,13H,1-2H3,(H,21,25)(H,27,28)(H,29,30)/t8?,9?,10-,13+/m0/s1. The smallest absolute Gasteiger partial charge is 0.417 e. The molecule has 2 fully saturated rings. The van der Waals surface area contributed by atoms with Gasteiger partial charge in [-0.15, -0.1) is 11.8 Å². The molecule has 3 N–H and O–H groups in total. The van der Waals surface area contributed by atoms with Gasteiger partial charge in [-0.25, -0.2) is 9.59 Å². The Hall–Kier alpha value is -3.03. The van der Waals surface area contributed by atoms with E-state index >= 15 is 0 Å². The van der Waals surface area contributed by atoms with E-state index in [4.69, 9.17) is 0 Å². The molecule has 3 rings (SSSR count). The number of rotatable bonds is 5. The zero-order chi connectivity index (χ0) is 23.5. The number of aromatic nitrogens is 1. The van der Waals surface area contributed by atoms with Crippen LogP contribution in [-0.2, 0) is 25.4 Å². The maximum atomic E-state index is 12.9. The van der Waals surface area contributed by atoms with Crippen LogP contribution in [0.4, 0.5) is 13.2 Å². The number of carboxylic acid groups (broad SMARTS) is 2. The summed E-state index contributed by atoms with van der Waals surface area (Å²) < 4.78 is 38.1. The molecule has 4 atom stereocenters. The average Bonchev–Trinajstić information content (AvgIpc) is 2.88. The number of carboxylic acids is 2. The van der Waals surface area contributed by atoms with Crippen LogP contribution < -0.4 is 10.9 Å². The lowest BCUT2D eigenvalue weighted by Crippen LogP contribution is -2.71. The highest BCUT2D eigenvalue weighted by atomic mass is 32.2. The Morgan fingerprint density at radius 2 is 1.81 bits per heavy atom. The summed E-state index contributed by atoms with van der Waals surface area (Å²) in [6.45, 7) is 3.17. The summed E-state index contributed by atoms with van der Waals surface area (Å²) in [5.41, 5.74) is -2.51. The predicted molar refractivity (Wildman–Crippen MR) is 98.0 cm³/mol. The van der Waals surface area contributed by atoms with Gasteiger partial charge in [0.15, 0.2) is 0 Å². The minimum Gasteiger partial charge on any atom is -0.480 e. The van der Waals surface area contributed by atoms with Crippen molar-refractivity contribution >= 4 is 35.5 Å². The number of amides is 2. The number of hydrogen-bond donors (Lipinski definition) is 3. The van der Waals surface area contributed by atoms with Crippen molar-refractivity contribution in [3.8, 4) is 0 Å². The fraction of sp³-hybridized carbons (Fsp3) is 0.471. The van der Waals surface area contributed by atoms with E-state index in [1.807, 2.05) is 0 Å². The van der Waals surface area contributed by atoms with Crippen molar-refractivity contribution in [1.29, 1.82) is 0 Å². The number of alkyl halides is 3. The quantitative estimate of drug-likeness (QED) is 0.413. The van der Waals surface area contributed by atoms with E-state index in [1.165, 1.54) is 0 Å². The summed E-state index contributed by atoms with van der Waals surface area (Å²) in [4.78, 5) is 61.2. The Bertz CT molecular complexity index is 1040. The fourth-order valence-corrected chi connectivity index (χ4v) is 5.23. The van der Waals surface area contributed by atoms with Gasteiger partial charge in [-0.2, -0.15) is 13.2 Å². The first-order valence-electron chi connectivity index (χ1n) is 8.72. The molecule has 0 spiro atoms. The van der Waals surface area contributed by atoms with Crippen LogP contribution in [0.2, 0.25) is 0 Å². The second-order valence-electron chi connectivity index (χ2n) is 7.49. The van der Waals surface area contributed by atoms with E-state index in [0.29, 0.717) is 12.1 Å². The number of fused-ring (bicyclic) bond motifs is 1. The molecule has 2 aliphatic rings. The number of pyridine rings is 1. The molecule has 2 unspecified atom stereocenters. The second kappa shape index (κ2) is 7.28. The van der Waals surface area contributed by atoms with Crippen molar-refractivity contribution < 1.29 is 42.6 Å². The summed E-state index contributed by atoms with van der Waals surface area (Å²) in [7, 11) is 0. The van der Waals surface area contributed by atoms with Crippen molar-refractivity contribution in [1.82, 2.24) is 14.8 Å². The van der Waals surface area contributed by atoms with Gasteiger partial charge >= 0.3 is 18.1 Å². The molecule has 0 bridgehead atoms. The molecule has 10 nitrogen and oxygen atoms in total. The third-order valence-electron chi connectivity index (χ3n) is 5.00. The number of β-lactam (4-membered cyclic amide) rings is 1. The van der Waals surface area contributed by atoms with Crippen molar-refractivity contribution in [3.05, 3.63) is 34.2 Å². The van der Waals surface area contributed by atoms with E-state index in [0.717, 1.165) is 16.7 Å². The van der Waals surface area contributed by atoms with E-state index in [9.17, 15) is 47.4 Å². The van der Waals surface area contributed by atoms with Crippen LogP contribution in [0.25, 0.3) is 0 Å². The van der Waals surface area contributed by atoms with E-state index in [1.54, 1.807) is 13.8 Å². The van der Waals surface area contributed by atoms with Crippen LogP contribution in [0.3, 0.4) is 0 Å². The molecule has 2 amide bonds. The van der Waals surface area contributed by atoms with E-state index < -0.39 is 69.3 Å². The van der Waals surface area contributed by atoms with Gasteiger partial charge < -0.3 is 20.4 Å². The highest BCUT2D eigenvalue weighted by Gasteiger charge is 2.64. The Labute approximate surface area is 176 Å². The van der Waals surface area contributed by atoms with Crippen LogP contribution in [-0.4, -0.2) is 65.6 Å². The Kier molecular flexibility index (Phi) is 5.32. The molecule has 3 heterocycles. The summed E-state index contributed by atoms with van der Waals surface area (Å²) in [6, 6.07) is -3.90. The molecule has 1 aromatic heterocycles. The number of carbonyl (C=O) groups excluding carboxylic acids is 2. The maximum Gasteiger partial charge on any atom is 0.417 e. The van der Waals surface area contributed by atoms with Gasteiger partial charge in [-0.05, 0) is 19.9 Å². The number of nitrogens with zero attached hydrogens (tertiary/aromatic N) is 2. The fourth-order valence-electron chi connectivity index (χ4n) is 3.61. The minimum atomic E-state index is -4.89. The van der Waals surface area contributed by atoms with E-state index in [-0.39, 0.29) is 10.8 Å². The van der Waals surface area contributed by atoms with Crippen LogP contribution in [0, 0.1) is 0 Å². The normalized spacial score (nSPS) is 25.4. The Balaban J connectivity index is 1.88. The number of carbonyl (C=O) groups is 4. The molecule has 1 aromatic rings. The first kappa shape index (κ1) is 22.7. The first-order chi connectivity index (χ1) is 14.2. The largest absolute Gasteiger partial charge is 0.480 e. The molecule has 0 radical (unpaired) electrons. The molecular formula is C17H16F3N3O7S. The van der Waals surface area contributed by atoms with Crippen molar-refractivity contribution in [2.45, 2.75) is 48.3 Å². The molecule has 0 saturated carbocycles. The lowest BCUT2D eigenvalue weighted by molar-refractivity contribution is -0.161. The third kappa shape index (κ3) is 3.75. The summed E-state index contributed by atoms with van der Waals surface area (Å²) in [6.07, 6.45) is -4.68. The highest BCUT2D eigenvalue weighted by molar-refractivity contribution is 8.01. The van der Waals surface area contributed by atoms with Crippen molar-refractivity contribution in [2.75, 3.05) is 0 Å². The molecule has 14 heteroatoms. The molecular weight excluding hydrogens is 447 g/mol. The van der Waals surface area contributed by atoms with Gasteiger partial charge in [0.2, 0.25) is 11.9 Å². The van der Waals surface area contributed by atoms with Gasteiger partial charge in [0.25, 0.3) is 11.5 Å². The molecule has 31 heavy (non-hydrogen) atoms. The number of thioether (sulfide) groups is 1. The van der Waals surface area contributed by atoms with Crippen molar-refractivity contribution in [2.24, 2.45) is 0 Å². The van der Waals surface area contributed by atoms with Crippen LogP contribution >= 0.6 is 11.8 Å². The third-order valence-corrected chi connectivity index (χ3v) is 6.57. The number of nitrogens with one attached hydrogen (secondary N) is 1. The number of hydrogen-bond acceptors (Lipinski definition) is 6.